The van der Waals surface area contributed by atoms with Crippen molar-refractivity contribution in [2.45, 2.75) is 26.3 Å². The third-order valence-electron chi connectivity index (χ3n) is 7.42. The molecule has 1 unspecified atom stereocenters. The smallest absolute Gasteiger partial charge is 0.162 e. The first-order valence-corrected chi connectivity index (χ1v) is 13.8. The molecular weight excluding hydrogens is 524 g/mol. The first kappa shape index (κ1) is 27.0. The number of methoxy groups -OCH3 is 2. The summed E-state index contributed by atoms with van der Waals surface area (Å²) >= 11 is 0. The minimum Gasteiger partial charge on any atom is -0.497 e. The van der Waals surface area contributed by atoms with E-state index in [4.69, 9.17) is 9.47 Å². The lowest BCUT2D eigenvalue weighted by molar-refractivity contribution is 0.414. The highest BCUT2D eigenvalue weighted by Crippen LogP contribution is 2.33. The molecule has 2 aromatic heterocycles. The van der Waals surface area contributed by atoms with Crippen molar-refractivity contribution in [1.29, 1.82) is 0 Å². The Morgan fingerprint density at radius 3 is 1.98 bits per heavy atom. The van der Waals surface area contributed by atoms with Crippen molar-refractivity contribution in [1.82, 2.24) is 20.4 Å². The fraction of sp³-hybridized carbons (Fsp3) is 0.176. The number of anilines is 3. The summed E-state index contributed by atoms with van der Waals surface area (Å²) in [7, 11) is 3.35. The molecule has 8 nitrogen and oxygen atoms in total. The molecule has 2 heterocycles. The van der Waals surface area contributed by atoms with Gasteiger partial charge in [0, 0.05) is 21.5 Å². The van der Waals surface area contributed by atoms with Crippen molar-refractivity contribution in [2.24, 2.45) is 0 Å². The highest BCUT2D eigenvalue weighted by molar-refractivity contribution is 6.01. The number of ether oxygens (including phenoxy) is 2. The average molecular weight is 557 g/mol. The monoisotopic (exact) mass is 556 g/mol. The number of nitrogens with one attached hydrogen (secondary N) is 2. The molecule has 0 radical (unpaired) electrons. The second-order valence-electron chi connectivity index (χ2n) is 10.4. The molecule has 210 valence electrons. The molecule has 8 heteroatoms. The summed E-state index contributed by atoms with van der Waals surface area (Å²) in [6.07, 6.45) is 2.50. The van der Waals surface area contributed by atoms with E-state index in [1.165, 1.54) is 5.56 Å². The highest BCUT2D eigenvalue weighted by Gasteiger charge is 2.18. The van der Waals surface area contributed by atoms with Gasteiger partial charge in [-0.3, -0.25) is 0 Å². The molecule has 0 fully saturated rings. The number of hydrogen-bond acceptors (Lipinski definition) is 8. The standard InChI is InChI=1S/C34H32N6O2/c1-21-5-9-25-20-35-38-33(29(25)17-21)37-34-30-18-22(2)6-16-28(30)32(39-40-34)36-31(24-10-14-27(42-4)15-11-24)19-23-7-12-26(41-3)13-8-23/h5-18,20,31H,19H2,1-4H3,(H,36,39)(H,37,38,40). The summed E-state index contributed by atoms with van der Waals surface area (Å²) in [5, 5.41) is 28.9. The number of nitrogens with zero attached hydrogens (tertiary/aromatic N) is 4. The Labute approximate surface area is 244 Å². The first-order valence-electron chi connectivity index (χ1n) is 13.8. The van der Waals surface area contributed by atoms with Gasteiger partial charge in [0.25, 0.3) is 0 Å². The second kappa shape index (κ2) is 11.7. The van der Waals surface area contributed by atoms with Gasteiger partial charge in [-0.25, -0.2) is 0 Å². The van der Waals surface area contributed by atoms with E-state index in [0.717, 1.165) is 56.2 Å². The maximum Gasteiger partial charge on any atom is 0.162 e. The van der Waals surface area contributed by atoms with Gasteiger partial charge in [-0.05, 0) is 67.8 Å². The fourth-order valence-electron chi connectivity index (χ4n) is 5.11. The molecule has 0 aliphatic carbocycles. The van der Waals surface area contributed by atoms with Crippen LogP contribution < -0.4 is 20.1 Å². The number of fused-ring (bicyclic) bond motifs is 2. The van der Waals surface area contributed by atoms with Crippen molar-refractivity contribution >= 4 is 39.0 Å². The van der Waals surface area contributed by atoms with Crippen LogP contribution in [-0.4, -0.2) is 34.6 Å². The van der Waals surface area contributed by atoms with E-state index < -0.39 is 0 Å². The minimum absolute atomic E-state index is 0.0752. The van der Waals surface area contributed by atoms with Crippen LogP contribution in [0.1, 0.15) is 28.3 Å². The van der Waals surface area contributed by atoms with Gasteiger partial charge in [-0.15, -0.1) is 15.3 Å². The van der Waals surface area contributed by atoms with Crippen LogP contribution in [0.25, 0.3) is 21.5 Å². The lowest BCUT2D eigenvalue weighted by atomic mass is 9.98. The molecule has 6 aromatic rings. The zero-order chi connectivity index (χ0) is 29.1. The van der Waals surface area contributed by atoms with E-state index in [2.05, 4.69) is 99.5 Å². The fourth-order valence-corrected chi connectivity index (χ4v) is 5.11. The van der Waals surface area contributed by atoms with E-state index in [1.54, 1.807) is 20.4 Å². The zero-order valence-electron chi connectivity index (χ0n) is 24.1. The second-order valence-corrected chi connectivity index (χ2v) is 10.4. The van der Waals surface area contributed by atoms with E-state index in [9.17, 15) is 0 Å². The maximum atomic E-state index is 5.40. The normalized spacial score (nSPS) is 11.8. The quantitative estimate of drug-likeness (QED) is 0.191. The van der Waals surface area contributed by atoms with Gasteiger partial charge in [0.05, 0.1) is 26.5 Å². The molecule has 0 saturated heterocycles. The van der Waals surface area contributed by atoms with Gasteiger partial charge in [0.1, 0.15) is 11.5 Å². The molecule has 0 spiro atoms. The van der Waals surface area contributed by atoms with Gasteiger partial charge in [0.2, 0.25) is 0 Å². The van der Waals surface area contributed by atoms with Crippen molar-refractivity contribution < 1.29 is 9.47 Å². The van der Waals surface area contributed by atoms with Gasteiger partial charge < -0.3 is 20.1 Å². The predicted molar refractivity (Wildman–Crippen MR) is 168 cm³/mol. The largest absolute Gasteiger partial charge is 0.497 e. The van der Waals surface area contributed by atoms with E-state index in [0.29, 0.717) is 17.5 Å². The molecule has 0 amide bonds. The Bertz CT molecular complexity index is 1860. The third-order valence-corrected chi connectivity index (χ3v) is 7.42. The van der Waals surface area contributed by atoms with Crippen LogP contribution >= 0.6 is 0 Å². The lowest BCUT2D eigenvalue weighted by Gasteiger charge is -2.22. The summed E-state index contributed by atoms with van der Waals surface area (Å²) in [5.74, 6) is 3.60. The van der Waals surface area contributed by atoms with Gasteiger partial charge >= 0.3 is 0 Å². The Hall–Kier alpha value is -5.24. The van der Waals surface area contributed by atoms with Crippen molar-refractivity contribution in [3.8, 4) is 11.5 Å². The van der Waals surface area contributed by atoms with Crippen LogP contribution in [0.4, 0.5) is 17.5 Å². The third kappa shape index (κ3) is 5.65. The molecule has 2 N–H and O–H groups in total. The molecule has 42 heavy (non-hydrogen) atoms. The summed E-state index contributed by atoms with van der Waals surface area (Å²) in [5.41, 5.74) is 4.54. The molecule has 6 rings (SSSR count). The van der Waals surface area contributed by atoms with Crippen molar-refractivity contribution in [3.05, 3.63) is 113 Å². The van der Waals surface area contributed by atoms with Crippen LogP contribution in [0.5, 0.6) is 11.5 Å². The SMILES string of the molecule is COc1ccc(CC(Nc2nnc(Nc3nncc4ccc(C)cc34)c3cc(C)ccc23)c2ccc(OC)cc2)cc1. The Morgan fingerprint density at radius 2 is 1.26 bits per heavy atom. The zero-order valence-corrected chi connectivity index (χ0v) is 24.1. The summed E-state index contributed by atoms with van der Waals surface area (Å²) in [4.78, 5) is 0. The number of aryl methyl sites for hydroxylation is 2. The molecule has 0 saturated carbocycles. The number of hydrogen-bond donors (Lipinski definition) is 2. The number of aromatic nitrogens is 4. The summed E-state index contributed by atoms with van der Waals surface area (Å²) in [6.45, 7) is 4.13. The molecule has 0 aliphatic rings. The van der Waals surface area contributed by atoms with Crippen LogP contribution in [0.15, 0.2) is 91.1 Å². The molecule has 1 atom stereocenters. The van der Waals surface area contributed by atoms with E-state index >= 15 is 0 Å². The summed E-state index contributed by atoms with van der Waals surface area (Å²) in [6, 6.07) is 28.7. The van der Waals surface area contributed by atoms with Crippen LogP contribution in [0.2, 0.25) is 0 Å². The van der Waals surface area contributed by atoms with Crippen LogP contribution in [-0.2, 0) is 6.42 Å². The molecule has 4 aromatic carbocycles. The maximum absolute atomic E-state index is 5.40. The highest BCUT2D eigenvalue weighted by atomic mass is 16.5. The Balaban J connectivity index is 1.39. The van der Waals surface area contributed by atoms with Crippen LogP contribution in [0, 0.1) is 13.8 Å². The van der Waals surface area contributed by atoms with Crippen molar-refractivity contribution in [3.63, 3.8) is 0 Å². The summed E-state index contributed by atoms with van der Waals surface area (Å²) < 4.78 is 10.8. The number of benzene rings is 4. The molecular formula is C34H32N6O2. The topological polar surface area (TPSA) is 94.1 Å². The lowest BCUT2D eigenvalue weighted by Crippen LogP contribution is -2.16. The number of rotatable bonds is 9. The Morgan fingerprint density at radius 1 is 0.643 bits per heavy atom. The van der Waals surface area contributed by atoms with Gasteiger partial charge in [-0.2, -0.15) is 5.10 Å². The molecule has 0 aliphatic heterocycles. The average Bonchev–Trinajstić information content (AvgIpc) is 3.02. The van der Waals surface area contributed by atoms with Crippen molar-refractivity contribution in [2.75, 3.05) is 24.9 Å². The molecule has 0 bridgehead atoms. The van der Waals surface area contributed by atoms with E-state index in [-0.39, 0.29) is 6.04 Å². The van der Waals surface area contributed by atoms with Gasteiger partial charge in [-0.1, -0.05) is 59.7 Å². The van der Waals surface area contributed by atoms with E-state index in [1.807, 2.05) is 30.3 Å². The minimum atomic E-state index is -0.0752. The van der Waals surface area contributed by atoms with Crippen LogP contribution in [0.3, 0.4) is 0 Å². The first-order chi connectivity index (χ1) is 20.5. The Kier molecular flexibility index (Phi) is 7.51. The predicted octanol–water partition coefficient (Wildman–Crippen LogP) is 7.35. The van der Waals surface area contributed by atoms with Gasteiger partial charge in [0.15, 0.2) is 17.5 Å².